The Morgan fingerprint density at radius 3 is 2.68 bits per heavy atom. The van der Waals surface area contributed by atoms with Crippen molar-refractivity contribution in [2.75, 3.05) is 6.54 Å². The maximum Gasteiger partial charge on any atom is 0.257 e. The number of hydrogen-bond acceptors (Lipinski definition) is 2. The first-order valence-corrected chi connectivity index (χ1v) is 7.46. The van der Waals surface area contributed by atoms with Crippen molar-refractivity contribution < 1.29 is 4.79 Å². The summed E-state index contributed by atoms with van der Waals surface area (Å²) in [6.45, 7) is 5.20. The zero-order valence-electron chi connectivity index (χ0n) is 12.9. The lowest BCUT2D eigenvalue weighted by molar-refractivity contribution is 0.0754. The van der Waals surface area contributed by atoms with Crippen LogP contribution in [0.1, 0.15) is 28.5 Å². The highest BCUT2D eigenvalue weighted by Crippen LogP contribution is 2.15. The summed E-state index contributed by atoms with van der Waals surface area (Å²) in [5.74, 6) is 0.0163. The molecular weight excluding hydrogens is 274 g/mol. The Balaban J connectivity index is 1.93. The number of hydrogen-bond donors (Lipinski definition) is 0. The van der Waals surface area contributed by atoms with E-state index in [2.05, 4.69) is 4.98 Å². The van der Waals surface area contributed by atoms with Crippen LogP contribution in [0.2, 0.25) is 0 Å². The van der Waals surface area contributed by atoms with Crippen molar-refractivity contribution in [3.8, 4) is 0 Å². The van der Waals surface area contributed by atoms with Crippen molar-refractivity contribution in [1.29, 1.82) is 0 Å². The van der Waals surface area contributed by atoms with Crippen LogP contribution in [0.15, 0.2) is 54.9 Å². The monoisotopic (exact) mass is 293 g/mol. The summed E-state index contributed by atoms with van der Waals surface area (Å²) in [5, 5.41) is 0. The van der Waals surface area contributed by atoms with E-state index in [1.54, 1.807) is 0 Å². The molecule has 0 spiro atoms. The number of nitrogens with zero attached hydrogens (tertiary/aromatic N) is 3. The van der Waals surface area contributed by atoms with Crippen LogP contribution >= 0.6 is 0 Å². The standard InChI is InChI=1S/C18H19N3O/c1-3-20(13-15-8-5-4-6-9-15)18(22)16-10-7-11-21-12-14(2)19-17(16)21/h4-12H,3,13H2,1-2H3. The van der Waals surface area contributed by atoms with Gasteiger partial charge in [0.2, 0.25) is 0 Å². The molecule has 0 radical (unpaired) electrons. The van der Waals surface area contributed by atoms with Gasteiger partial charge >= 0.3 is 0 Å². The number of carbonyl (C=O) groups is 1. The molecule has 4 heteroatoms. The SMILES string of the molecule is CCN(Cc1ccccc1)C(=O)c1cccn2cc(C)nc12. The molecule has 0 bridgehead atoms. The summed E-state index contributed by atoms with van der Waals surface area (Å²) < 4.78 is 1.90. The summed E-state index contributed by atoms with van der Waals surface area (Å²) >= 11 is 0. The summed E-state index contributed by atoms with van der Waals surface area (Å²) in [5.41, 5.74) is 3.40. The van der Waals surface area contributed by atoms with Crippen molar-refractivity contribution in [3.63, 3.8) is 0 Å². The summed E-state index contributed by atoms with van der Waals surface area (Å²) in [6.07, 6.45) is 3.85. The van der Waals surface area contributed by atoms with Crippen molar-refractivity contribution in [3.05, 3.63) is 71.7 Å². The van der Waals surface area contributed by atoms with Gasteiger partial charge in [-0.2, -0.15) is 0 Å². The maximum absolute atomic E-state index is 12.9. The third-order valence-electron chi connectivity index (χ3n) is 3.72. The quantitative estimate of drug-likeness (QED) is 0.740. The van der Waals surface area contributed by atoms with Gasteiger partial charge in [-0.1, -0.05) is 30.3 Å². The maximum atomic E-state index is 12.9. The number of aromatic nitrogens is 2. The van der Waals surface area contributed by atoms with Crippen molar-refractivity contribution >= 4 is 11.6 Å². The van der Waals surface area contributed by atoms with E-state index in [1.165, 1.54) is 0 Å². The Kier molecular flexibility index (Phi) is 3.92. The molecule has 0 aliphatic rings. The molecular formula is C18H19N3O. The highest BCUT2D eigenvalue weighted by molar-refractivity contribution is 5.99. The minimum atomic E-state index is 0.0163. The van der Waals surface area contributed by atoms with Gasteiger partial charge < -0.3 is 9.30 Å². The average molecular weight is 293 g/mol. The van der Waals surface area contributed by atoms with E-state index in [9.17, 15) is 4.79 Å². The largest absolute Gasteiger partial charge is 0.334 e. The highest BCUT2D eigenvalue weighted by atomic mass is 16.2. The number of aryl methyl sites for hydroxylation is 1. The number of fused-ring (bicyclic) bond motifs is 1. The van der Waals surface area contributed by atoms with Gasteiger partial charge in [0.15, 0.2) is 0 Å². The van der Waals surface area contributed by atoms with Crippen molar-refractivity contribution in [2.24, 2.45) is 0 Å². The van der Waals surface area contributed by atoms with Crippen LogP contribution in [0.3, 0.4) is 0 Å². The molecule has 0 fully saturated rings. The Hall–Kier alpha value is -2.62. The molecule has 0 saturated heterocycles. The van der Waals surface area contributed by atoms with E-state index in [-0.39, 0.29) is 5.91 Å². The van der Waals surface area contributed by atoms with Gasteiger partial charge in [0.1, 0.15) is 5.65 Å². The van der Waals surface area contributed by atoms with Gasteiger partial charge in [-0.05, 0) is 31.5 Å². The van der Waals surface area contributed by atoms with Crippen molar-refractivity contribution in [1.82, 2.24) is 14.3 Å². The first-order chi connectivity index (χ1) is 10.7. The van der Waals surface area contributed by atoms with Gasteiger partial charge in [0, 0.05) is 25.5 Å². The number of rotatable bonds is 4. The molecule has 1 aromatic carbocycles. The summed E-state index contributed by atoms with van der Waals surface area (Å²) in [4.78, 5) is 19.2. The molecule has 0 N–H and O–H groups in total. The van der Waals surface area contributed by atoms with Gasteiger partial charge in [-0.15, -0.1) is 0 Å². The molecule has 1 amide bonds. The minimum absolute atomic E-state index is 0.0163. The summed E-state index contributed by atoms with van der Waals surface area (Å²) in [6, 6.07) is 13.8. The Morgan fingerprint density at radius 2 is 1.95 bits per heavy atom. The lowest BCUT2D eigenvalue weighted by Gasteiger charge is -2.21. The smallest absolute Gasteiger partial charge is 0.257 e. The van der Waals surface area contributed by atoms with E-state index in [4.69, 9.17) is 0 Å². The number of amides is 1. The average Bonchev–Trinajstić information content (AvgIpc) is 2.93. The molecule has 3 aromatic rings. The molecule has 0 unspecified atom stereocenters. The van der Waals surface area contributed by atoms with Crippen LogP contribution in [0.25, 0.3) is 5.65 Å². The molecule has 2 heterocycles. The van der Waals surface area contributed by atoms with E-state index < -0.39 is 0 Å². The third kappa shape index (κ3) is 2.72. The second kappa shape index (κ2) is 6.02. The zero-order valence-corrected chi connectivity index (χ0v) is 12.9. The van der Waals surface area contributed by atoms with Gasteiger partial charge in [-0.25, -0.2) is 4.98 Å². The molecule has 0 atom stereocenters. The molecule has 0 saturated carbocycles. The predicted octanol–water partition coefficient (Wildman–Crippen LogP) is 3.31. The fourth-order valence-corrected chi connectivity index (χ4v) is 2.60. The Labute approximate surface area is 130 Å². The molecule has 112 valence electrons. The van der Waals surface area contributed by atoms with E-state index in [0.717, 1.165) is 16.9 Å². The van der Waals surface area contributed by atoms with Gasteiger partial charge in [-0.3, -0.25) is 4.79 Å². The molecule has 2 aromatic heterocycles. The second-order valence-electron chi connectivity index (χ2n) is 5.34. The van der Waals surface area contributed by atoms with Crippen LogP contribution in [-0.2, 0) is 6.54 Å². The zero-order chi connectivity index (χ0) is 15.5. The number of carbonyl (C=O) groups excluding carboxylic acids is 1. The topological polar surface area (TPSA) is 37.6 Å². The number of imidazole rings is 1. The van der Waals surface area contributed by atoms with Crippen LogP contribution in [0, 0.1) is 6.92 Å². The normalized spacial score (nSPS) is 10.8. The molecule has 3 rings (SSSR count). The van der Waals surface area contributed by atoms with Crippen LogP contribution in [-0.4, -0.2) is 26.7 Å². The first-order valence-electron chi connectivity index (χ1n) is 7.46. The Morgan fingerprint density at radius 1 is 1.18 bits per heavy atom. The fraction of sp³-hybridized carbons (Fsp3) is 0.222. The second-order valence-corrected chi connectivity index (χ2v) is 5.34. The number of pyridine rings is 1. The van der Waals surface area contributed by atoms with Crippen LogP contribution in [0.5, 0.6) is 0 Å². The van der Waals surface area contributed by atoms with E-state index in [1.807, 2.05) is 78.0 Å². The lowest BCUT2D eigenvalue weighted by Crippen LogP contribution is -2.30. The van der Waals surface area contributed by atoms with Gasteiger partial charge in [0.25, 0.3) is 5.91 Å². The predicted molar refractivity (Wildman–Crippen MR) is 86.8 cm³/mol. The van der Waals surface area contributed by atoms with E-state index >= 15 is 0 Å². The van der Waals surface area contributed by atoms with Crippen molar-refractivity contribution in [2.45, 2.75) is 20.4 Å². The van der Waals surface area contributed by atoms with E-state index in [0.29, 0.717) is 18.7 Å². The highest BCUT2D eigenvalue weighted by Gasteiger charge is 2.18. The first kappa shape index (κ1) is 14.3. The molecule has 4 nitrogen and oxygen atoms in total. The van der Waals surface area contributed by atoms with Crippen LogP contribution < -0.4 is 0 Å². The molecule has 22 heavy (non-hydrogen) atoms. The lowest BCUT2D eigenvalue weighted by atomic mass is 10.2. The Bertz CT molecular complexity index is 792. The fourth-order valence-electron chi connectivity index (χ4n) is 2.60. The molecule has 0 aliphatic heterocycles. The molecule has 0 aliphatic carbocycles. The minimum Gasteiger partial charge on any atom is -0.334 e. The van der Waals surface area contributed by atoms with Crippen LogP contribution in [0.4, 0.5) is 0 Å². The number of benzene rings is 1. The summed E-state index contributed by atoms with van der Waals surface area (Å²) in [7, 11) is 0. The third-order valence-corrected chi connectivity index (χ3v) is 3.72. The van der Waals surface area contributed by atoms with Gasteiger partial charge in [0.05, 0.1) is 11.3 Å².